The van der Waals surface area contributed by atoms with E-state index in [0.717, 1.165) is 5.56 Å². The van der Waals surface area contributed by atoms with Crippen LogP contribution in [-0.4, -0.2) is 15.9 Å². The first-order chi connectivity index (χ1) is 12.1. The molecular weight excluding hydrogens is 336 g/mol. The van der Waals surface area contributed by atoms with Gasteiger partial charge >= 0.3 is 0 Å². The Balaban J connectivity index is 1.63. The van der Waals surface area contributed by atoms with E-state index >= 15 is 0 Å². The third kappa shape index (κ3) is 4.55. The predicted octanol–water partition coefficient (Wildman–Crippen LogP) is 4.56. The van der Waals surface area contributed by atoms with Crippen LogP contribution in [-0.2, 0) is 0 Å². The summed E-state index contributed by atoms with van der Waals surface area (Å²) in [6, 6.07) is 17.0. The van der Waals surface area contributed by atoms with Gasteiger partial charge in [0.25, 0.3) is 5.91 Å². The molecule has 3 rings (SSSR count). The molecule has 25 heavy (non-hydrogen) atoms. The lowest BCUT2D eigenvalue weighted by atomic mass is 10.1. The molecular formula is C19H17ClN4O. The number of aromatic nitrogens is 2. The first-order valence-electron chi connectivity index (χ1n) is 7.82. The fraction of sp³-hybridized carbons (Fsp3) is 0.105. The molecule has 1 heterocycles. The quantitative estimate of drug-likeness (QED) is 0.706. The first-order valence-corrected chi connectivity index (χ1v) is 8.20. The minimum absolute atomic E-state index is 0.0873. The SMILES string of the molecule is CC(Nc1cnc(C(=O)Nc2ccc(Cl)cc2)cn1)c1ccccc1. The van der Waals surface area contributed by atoms with Crippen molar-refractivity contribution in [2.75, 3.05) is 10.6 Å². The van der Waals surface area contributed by atoms with E-state index in [4.69, 9.17) is 11.6 Å². The molecule has 0 aliphatic carbocycles. The molecule has 0 aliphatic heterocycles. The molecule has 5 nitrogen and oxygen atoms in total. The van der Waals surface area contributed by atoms with Crippen LogP contribution in [0, 0.1) is 0 Å². The highest BCUT2D eigenvalue weighted by Crippen LogP contribution is 2.17. The molecule has 0 radical (unpaired) electrons. The number of benzene rings is 2. The number of hydrogen-bond donors (Lipinski definition) is 2. The monoisotopic (exact) mass is 352 g/mol. The summed E-state index contributed by atoms with van der Waals surface area (Å²) in [4.78, 5) is 20.6. The molecule has 2 N–H and O–H groups in total. The van der Waals surface area contributed by atoms with Gasteiger partial charge in [-0.05, 0) is 36.8 Å². The highest BCUT2D eigenvalue weighted by molar-refractivity contribution is 6.30. The minimum Gasteiger partial charge on any atom is -0.362 e. The largest absolute Gasteiger partial charge is 0.362 e. The molecule has 0 saturated heterocycles. The van der Waals surface area contributed by atoms with Crippen LogP contribution in [0.2, 0.25) is 5.02 Å². The zero-order chi connectivity index (χ0) is 17.6. The molecule has 0 spiro atoms. The second-order valence-corrected chi connectivity index (χ2v) is 5.96. The van der Waals surface area contributed by atoms with E-state index in [-0.39, 0.29) is 17.6 Å². The Morgan fingerprint density at radius 2 is 1.72 bits per heavy atom. The number of amides is 1. The van der Waals surface area contributed by atoms with Crippen LogP contribution >= 0.6 is 11.6 Å². The van der Waals surface area contributed by atoms with E-state index in [1.807, 2.05) is 37.3 Å². The van der Waals surface area contributed by atoms with Gasteiger partial charge in [0.1, 0.15) is 11.5 Å². The first kappa shape index (κ1) is 16.9. The van der Waals surface area contributed by atoms with Crippen molar-refractivity contribution < 1.29 is 4.79 Å². The van der Waals surface area contributed by atoms with E-state index in [1.54, 1.807) is 30.5 Å². The predicted molar refractivity (Wildman–Crippen MR) is 99.9 cm³/mol. The van der Waals surface area contributed by atoms with Crippen molar-refractivity contribution in [2.45, 2.75) is 13.0 Å². The summed E-state index contributed by atoms with van der Waals surface area (Å²) in [5.41, 5.74) is 2.04. The van der Waals surface area contributed by atoms with Crippen LogP contribution in [0.4, 0.5) is 11.5 Å². The summed E-state index contributed by atoms with van der Waals surface area (Å²) in [5.74, 6) is 0.289. The van der Waals surface area contributed by atoms with Gasteiger partial charge in [0.2, 0.25) is 0 Å². The fourth-order valence-corrected chi connectivity index (χ4v) is 2.42. The summed E-state index contributed by atoms with van der Waals surface area (Å²) in [6.07, 6.45) is 3.00. The second-order valence-electron chi connectivity index (χ2n) is 5.52. The lowest BCUT2D eigenvalue weighted by molar-refractivity contribution is 0.102. The van der Waals surface area contributed by atoms with Gasteiger partial charge in [-0.1, -0.05) is 41.9 Å². The molecule has 1 atom stereocenters. The normalized spacial score (nSPS) is 11.6. The molecule has 2 aromatic carbocycles. The lowest BCUT2D eigenvalue weighted by Gasteiger charge is -2.14. The number of nitrogens with one attached hydrogen (secondary N) is 2. The second kappa shape index (κ2) is 7.77. The van der Waals surface area contributed by atoms with Crippen LogP contribution in [0.25, 0.3) is 0 Å². The van der Waals surface area contributed by atoms with Gasteiger partial charge in [-0.15, -0.1) is 0 Å². The Bertz CT molecular complexity index is 836. The van der Waals surface area contributed by atoms with Crippen LogP contribution in [0.15, 0.2) is 67.0 Å². The number of halogens is 1. The van der Waals surface area contributed by atoms with Crippen LogP contribution in [0.3, 0.4) is 0 Å². The van der Waals surface area contributed by atoms with Crippen molar-refractivity contribution in [3.8, 4) is 0 Å². The minimum atomic E-state index is -0.322. The Hall–Kier alpha value is -2.92. The van der Waals surface area contributed by atoms with E-state index in [2.05, 4.69) is 20.6 Å². The highest BCUT2D eigenvalue weighted by atomic mass is 35.5. The van der Waals surface area contributed by atoms with Crippen LogP contribution < -0.4 is 10.6 Å². The Kier molecular flexibility index (Phi) is 5.26. The summed E-state index contributed by atoms with van der Waals surface area (Å²) >= 11 is 5.83. The molecule has 1 amide bonds. The number of hydrogen-bond acceptors (Lipinski definition) is 4. The van der Waals surface area contributed by atoms with Crippen LogP contribution in [0.5, 0.6) is 0 Å². The smallest absolute Gasteiger partial charge is 0.275 e. The zero-order valence-corrected chi connectivity index (χ0v) is 14.4. The molecule has 0 saturated carbocycles. The maximum absolute atomic E-state index is 12.2. The Morgan fingerprint density at radius 3 is 2.36 bits per heavy atom. The molecule has 6 heteroatoms. The summed E-state index contributed by atoms with van der Waals surface area (Å²) < 4.78 is 0. The van der Waals surface area contributed by atoms with Crippen molar-refractivity contribution >= 4 is 29.0 Å². The third-order valence-corrected chi connectivity index (χ3v) is 3.90. The number of rotatable bonds is 5. The molecule has 1 aromatic heterocycles. The van der Waals surface area contributed by atoms with E-state index < -0.39 is 0 Å². The summed E-state index contributed by atoms with van der Waals surface area (Å²) in [5, 5.41) is 6.62. The van der Waals surface area contributed by atoms with Gasteiger partial charge in [-0.3, -0.25) is 4.79 Å². The van der Waals surface area contributed by atoms with Gasteiger partial charge in [-0.25, -0.2) is 9.97 Å². The van der Waals surface area contributed by atoms with Gasteiger partial charge in [-0.2, -0.15) is 0 Å². The molecule has 0 bridgehead atoms. The van der Waals surface area contributed by atoms with Crippen molar-refractivity contribution in [3.05, 3.63) is 83.3 Å². The van der Waals surface area contributed by atoms with Gasteiger partial charge < -0.3 is 10.6 Å². The topological polar surface area (TPSA) is 66.9 Å². The number of carbonyl (C=O) groups is 1. The average Bonchev–Trinajstić information content (AvgIpc) is 2.65. The van der Waals surface area contributed by atoms with Crippen molar-refractivity contribution in [1.82, 2.24) is 9.97 Å². The lowest BCUT2D eigenvalue weighted by Crippen LogP contribution is -2.15. The third-order valence-electron chi connectivity index (χ3n) is 3.65. The van der Waals surface area contributed by atoms with Crippen molar-refractivity contribution in [3.63, 3.8) is 0 Å². The van der Waals surface area contributed by atoms with E-state index in [1.165, 1.54) is 6.20 Å². The maximum Gasteiger partial charge on any atom is 0.275 e. The average molecular weight is 353 g/mol. The molecule has 3 aromatic rings. The molecule has 1 unspecified atom stereocenters. The molecule has 126 valence electrons. The van der Waals surface area contributed by atoms with E-state index in [0.29, 0.717) is 16.5 Å². The zero-order valence-electron chi connectivity index (χ0n) is 13.6. The summed E-state index contributed by atoms with van der Waals surface area (Å²) in [6.45, 7) is 2.04. The number of nitrogens with zero attached hydrogens (tertiary/aromatic N) is 2. The van der Waals surface area contributed by atoms with E-state index in [9.17, 15) is 4.79 Å². The van der Waals surface area contributed by atoms with Gasteiger partial charge in [0.15, 0.2) is 0 Å². The highest BCUT2D eigenvalue weighted by Gasteiger charge is 2.10. The Labute approximate surface area is 151 Å². The number of anilines is 2. The van der Waals surface area contributed by atoms with Crippen molar-refractivity contribution in [1.29, 1.82) is 0 Å². The van der Waals surface area contributed by atoms with Crippen LogP contribution in [0.1, 0.15) is 29.0 Å². The standard InChI is InChI=1S/C19H17ClN4O/c1-13(14-5-3-2-4-6-14)23-18-12-21-17(11-22-18)19(25)24-16-9-7-15(20)8-10-16/h2-13H,1H3,(H,22,23)(H,24,25). The molecule has 0 fully saturated rings. The van der Waals surface area contributed by atoms with Gasteiger partial charge in [0.05, 0.1) is 12.4 Å². The maximum atomic E-state index is 12.2. The van der Waals surface area contributed by atoms with Crippen molar-refractivity contribution in [2.24, 2.45) is 0 Å². The fourth-order valence-electron chi connectivity index (χ4n) is 2.30. The Morgan fingerprint density at radius 1 is 1.00 bits per heavy atom. The van der Waals surface area contributed by atoms with Gasteiger partial charge in [0, 0.05) is 16.8 Å². The molecule has 0 aliphatic rings. The summed E-state index contributed by atoms with van der Waals surface area (Å²) in [7, 11) is 0. The number of carbonyl (C=O) groups excluding carboxylic acids is 1.